The maximum atomic E-state index is 8.23. The SMILES string of the molecule is [2H]Oc1ccc2c3c1O[C@H]1C(=C)CC[C@@]4(O[2H])[C@@H](C2)N(CC2CC2)CC[C@]314. The molecule has 2 heterocycles. The highest BCUT2D eigenvalue weighted by molar-refractivity contribution is 5.63. The van der Waals surface area contributed by atoms with Crippen LogP contribution in [0.3, 0.4) is 0 Å². The fourth-order valence-corrected chi connectivity index (χ4v) is 6.35. The summed E-state index contributed by atoms with van der Waals surface area (Å²) in [7, 11) is 0. The molecule has 3 fully saturated rings. The molecule has 1 saturated heterocycles. The number of hydrogen-bond acceptors (Lipinski definition) is 4. The minimum absolute atomic E-state index is 0.187. The van der Waals surface area contributed by atoms with E-state index in [0.717, 1.165) is 55.8 Å². The number of aromatic hydroxyl groups is 1. The van der Waals surface area contributed by atoms with E-state index < -0.39 is 5.60 Å². The van der Waals surface area contributed by atoms with Crippen LogP contribution >= 0.6 is 0 Å². The molecular weight excluding hydrogens is 314 g/mol. The summed E-state index contributed by atoms with van der Waals surface area (Å²) in [4.78, 5) is 2.60. The van der Waals surface area contributed by atoms with Crippen LogP contribution in [0.25, 0.3) is 0 Å². The summed E-state index contributed by atoms with van der Waals surface area (Å²) in [6.45, 7) is 6.45. The van der Waals surface area contributed by atoms with Gasteiger partial charge in [0.05, 0.1) is 11.0 Å². The van der Waals surface area contributed by atoms with E-state index in [1.807, 2.05) is 6.07 Å². The van der Waals surface area contributed by atoms with Crippen molar-refractivity contribution in [3.63, 3.8) is 0 Å². The van der Waals surface area contributed by atoms with Gasteiger partial charge in [0.25, 0.3) is 1.43 Å². The molecule has 2 aliphatic heterocycles. The van der Waals surface area contributed by atoms with Gasteiger partial charge in [0.1, 0.15) is 6.10 Å². The van der Waals surface area contributed by atoms with Gasteiger partial charge in [-0.3, -0.25) is 4.90 Å². The lowest BCUT2D eigenvalue weighted by molar-refractivity contribution is -0.174. The van der Waals surface area contributed by atoms with Crippen LogP contribution in [0.4, 0.5) is 0 Å². The minimum Gasteiger partial charge on any atom is -0.504 e. The lowest BCUT2D eigenvalue weighted by atomic mass is 9.48. The summed E-state index contributed by atoms with van der Waals surface area (Å²) < 4.78 is 22.1. The van der Waals surface area contributed by atoms with Crippen LogP contribution in [0.15, 0.2) is 24.3 Å². The predicted octanol–water partition coefficient (Wildman–Crippen LogP) is 2.51. The second-order valence-electron chi connectivity index (χ2n) is 8.85. The molecular formula is C21H25NO3. The molecule has 2 N–H and O–H groups in total. The van der Waals surface area contributed by atoms with E-state index in [4.69, 9.17) is 17.8 Å². The zero-order valence-electron chi connectivity index (χ0n) is 16.4. The molecule has 25 heavy (non-hydrogen) atoms. The Labute approximate surface area is 151 Å². The van der Waals surface area contributed by atoms with Crippen LogP contribution in [0, 0.1) is 5.92 Å². The zero-order valence-corrected chi connectivity index (χ0v) is 14.4. The number of likely N-dealkylation sites (tertiary alicyclic amines) is 1. The first-order valence-electron chi connectivity index (χ1n) is 10.5. The highest BCUT2D eigenvalue weighted by Crippen LogP contribution is 2.66. The Morgan fingerprint density at radius 2 is 2.28 bits per heavy atom. The van der Waals surface area contributed by atoms with Gasteiger partial charge in [0, 0.05) is 18.2 Å². The zero-order chi connectivity index (χ0) is 18.4. The molecule has 2 bridgehead atoms. The average molecular weight is 341 g/mol. The molecule has 3 aliphatic carbocycles. The number of rotatable bonds is 4. The Hall–Kier alpha value is -1.52. The highest BCUT2D eigenvalue weighted by Gasteiger charge is 2.71. The van der Waals surface area contributed by atoms with Crippen LogP contribution in [-0.2, 0) is 11.8 Å². The average Bonchev–Trinajstić information content (AvgIpc) is 3.43. The second kappa shape index (κ2) is 4.41. The quantitative estimate of drug-likeness (QED) is 0.827. The van der Waals surface area contributed by atoms with Crippen LogP contribution in [0.2, 0.25) is 0 Å². The van der Waals surface area contributed by atoms with Gasteiger partial charge in [-0.1, -0.05) is 12.6 Å². The first kappa shape index (κ1) is 12.8. The molecule has 4 atom stereocenters. The van der Waals surface area contributed by atoms with Crippen LogP contribution < -0.4 is 4.74 Å². The van der Waals surface area contributed by atoms with Crippen LogP contribution in [0.1, 0.15) is 43.2 Å². The number of ether oxygens (including phenoxy) is 1. The van der Waals surface area contributed by atoms with Crippen molar-refractivity contribution in [1.29, 1.82) is 2.86 Å². The van der Waals surface area contributed by atoms with Gasteiger partial charge in [-0.05, 0) is 68.2 Å². The fourth-order valence-electron chi connectivity index (χ4n) is 6.35. The van der Waals surface area contributed by atoms with Crippen molar-refractivity contribution in [2.45, 2.75) is 61.7 Å². The van der Waals surface area contributed by atoms with Gasteiger partial charge < -0.3 is 15.0 Å². The van der Waals surface area contributed by atoms with Crippen molar-refractivity contribution in [2.24, 2.45) is 5.92 Å². The highest BCUT2D eigenvalue weighted by atomic mass is 16.5. The molecule has 0 amide bonds. The smallest absolute Gasteiger partial charge is 0.293 e. The molecule has 0 radical (unpaired) electrons. The van der Waals surface area contributed by atoms with Crippen molar-refractivity contribution < 1.29 is 15.0 Å². The molecule has 1 aromatic carbocycles. The molecule has 0 aromatic heterocycles. The van der Waals surface area contributed by atoms with Crippen molar-refractivity contribution >= 4 is 0 Å². The fraction of sp³-hybridized carbons (Fsp3) is 0.619. The Morgan fingerprint density at radius 1 is 1.36 bits per heavy atom. The van der Waals surface area contributed by atoms with E-state index in [1.165, 1.54) is 18.4 Å². The second-order valence-corrected chi connectivity index (χ2v) is 8.85. The monoisotopic (exact) mass is 341 g/mol. The molecule has 4 heteroatoms. The lowest BCUT2D eigenvalue weighted by Gasteiger charge is -2.63. The number of piperidine rings is 1. The third kappa shape index (κ3) is 1.57. The Morgan fingerprint density at radius 3 is 3.08 bits per heavy atom. The van der Waals surface area contributed by atoms with Crippen molar-refractivity contribution in [2.75, 3.05) is 13.1 Å². The van der Waals surface area contributed by atoms with Crippen molar-refractivity contribution in [3.8, 4) is 11.5 Å². The first-order chi connectivity index (χ1) is 13.1. The number of phenolic OH excluding ortho intramolecular Hbond substituents is 1. The van der Waals surface area contributed by atoms with E-state index in [0.29, 0.717) is 11.5 Å². The topological polar surface area (TPSA) is 52.9 Å². The summed E-state index contributed by atoms with van der Waals surface area (Å²) in [5, 5.41) is 10.6. The summed E-state index contributed by atoms with van der Waals surface area (Å²) in [6, 6.07) is 4.15. The van der Waals surface area contributed by atoms with Gasteiger partial charge in [0.15, 0.2) is 11.5 Å². The molecule has 5 aliphatic rings. The van der Waals surface area contributed by atoms with Gasteiger partial charge >= 0.3 is 0 Å². The van der Waals surface area contributed by atoms with E-state index in [9.17, 15) is 0 Å². The Balaban J connectivity index is 1.59. The Bertz CT molecular complexity index is 841. The lowest BCUT2D eigenvalue weighted by Crippen LogP contribution is -2.75. The number of hydrogen-bond donors (Lipinski definition) is 2. The third-order valence-corrected chi connectivity index (χ3v) is 7.66. The maximum absolute atomic E-state index is 8.23. The Kier molecular flexibility index (Phi) is 2.25. The normalized spacial score (nSPS) is 42.3. The standard InChI is InChI=1S/C21H25NO3/c1-12-6-7-21(24)16-10-14-4-5-15(23)18-17(14)20(21,19(12)25-18)8-9-22(16)11-13-2-3-13/h4-5,13,16,19,23-24H,1-3,6-11H2/t16-,19+,20+,21-/m1/s1/i24D/hD. The van der Waals surface area contributed by atoms with E-state index >= 15 is 0 Å². The first-order valence-corrected chi connectivity index (χ1v) is 9.67. The van der Waals surface area contributed by atoms with Gasteiger partial charge in [-0.15, -0.1) is 0 Å². The number of nitrogens with zero attached hydrogens (tertiary/aromatic N) is 1. The third-order valence-electron chi connectivity index (χ3n) is 7.66. The molecule has 2 saturated carbocycles. The maximum Gasteiger partial charge on any atom is 0.293 e. The summed E-state index contributed by atoms with van der Waals surface area (Å²) in [5.41, 5.74) is 2.52. The van der Waals surface area contributed by atoms with Crippen molar-refractivity contribution in [3.05, 3.63) is 35.4 Å². The predicted molar refractivity (Wildman–Crippen MR) is 93.9 cm³/mol. The van der Waals surface area contributed by atoms with Crippen LogP contribution in [0.5, 0.6) is 11.5 Å². The van der Waals surface area contributed by atoms with Gasteiger partial charge in [0.2, 0.25) is 1.43 Å². The summed E-state index contributed by atoms with van der Waals surface area (Å²) >= 11 is 0. The van der Waals surface area contributed by atoms with Crippen molar-refractivity contribution in [1.82, 2.24) is 4.90 Å². The molecule has 4 nitrogen and oxygen atoms in total. The number of aliphatic hydroxyl groups is 1. The van der Waals surface area contributed by atoms with Crippen LogP contribution in [-0.4, -0.2) is 48.8 Å². The molecule has 132 valence electrons. The molecule has 1 spiro atoms. The molecule has 0 unspecified atom stereocenters. The van der Waals surface area contributed by atoms with Gasteiger partial charge in [-0.25, -0.2) is 0 Å². The van der Waals surface area contributed by atoms with E-state index in [1.54, 1.807) is 0 Å². The summed E-state index contributed by atoms with van der Waals surface area (Å²) in [5.74, 6) is 1.96. The molecule has 6 rings (SSSR count). The number of benzene rings is 1. The van der Waals surface area contributed by atoms with Gasteiger partial charge in [-0.2, -0.15) is 0 Å². The summed E-state index contributed by atoms with van der Waals surface area (Å²) in [6.07, 6.45) is 5.88. The number of phenols is 1. The van der Waals surface area contributed by atoms with E-state index in [2.05, 4.69) is 17.5 Å². The minimum atomic E-state index is -0.578. The van der Waals surface area contributed by atoms with E-state index in [-0.39, 0.29) is 17.6 Å². The molecule has 1 aromatic rings. The largest absolute Gasteiger partial charge is 0.504 e.